The van der Waals surface area contributed by atoms with Crippen molar-refractivity contribution in [3.05, 3.63) is 96.2 Å². The zero-order valence-electron chi connectivity index (χ0n) is 20.2. The molecule has 2 aromatic heterocycles. The zero-order valence-corrected chi connectivity index (χ0v) is 20.2. The molecule has 2 atom stereocenters. The summed E-state index contributed by atoms with van der Waals surface area (Å²) in [6.07, 6.45) is 7.11. The maximum atomic E-state index is 13.6. The van der Waals surface area contributed by atoms with Gasteiger partial charge in [-0.3, -0.25) is 14.7 Å². The number of aromatic nitrogens is 2. The van der Waals surface area contributed by atoms with Crippen molar-refractivity contribution in [2.45, 2.75) is 19.4 Å². The van der Waals surface area contributed by atoms with Crippen LogP contribution in [0, 0.1) is 17.7 Å². The first-order valence-electron chi connectivity index (χ1n) is 12.5. The first kappa shape index (κ1) is 24.0. The predicted octanol–water partition coefficient (Wildman–Crippen LogP) is 4.58. The summed E-state index contributed by atoms with van der Waals surface area (Å²) >= 11 is 0. The van der Waals surface area contributed by atoms with Gasteiger partial charge in [0.1, 0.15) is 11.6 Å². The molecule has 1 aliphatic rings. The van der Waals surface area contributed by atoms with E-state index in [1.165, 1.54) is 23.1 Å². The Labute approximate surface area is 210 Å². The van der Waals surface area contributed by atoms with Gasteiger partial charge in [0, 0.05) is 67.7 Å². The molecule has 1 amide bonds. The number of H-pyrrole nitrogens is 1. The number of likely N-dealkylation sites (tertiary alicyclic amines) is 1. The number of pyridine rings is 1. The third-order valence-corrected chi connectivity index (χ3v) is 6.79. The van der Waals surface area contributed by atoms with Gasteiger partial charge in [0.25, 0.3) is 0 Å². The maximum Gasteiger partial charge on any atom is 0.224 e. The fraction of sp³-hybridized carbons (Fsp3) is 0.310. The molecule has 2 aromatic carbocycles. The standard InChI is InChI=1S/C29H31FN4O2/c30-25-4-3-5-26(15-25)36-20-22-14-24(19-34(18-22)17-21-8-11-31-12-9-21)29(35)32-13-10-23-16-33-28-7-2-1-6-27(23)28/h1-9,11-12,15-16,22,24,33H,10,13-14,17-20H2,(H,32,35)/t22-,24+/m0/s1. The number of carbonyl (C=O) groups excluding carboxylic acids is 1. The molecule has 2 N–H and O–H groups in total. The summed E-state index contributed by atoms with van der Waals surface area (Å²) < 4.78 is 19.5. The van der Waals surface area contributed by atoms with Crippen LogP contribution in [0.2, 0.25) is 0 Å². The van der Waals surface area contributed by atoms with E-state index in [4.69, 9.17) is 4.74 Å². The predicted molar refractivity (Wildman–Crippen MR) is 138 cm³/mol. The molecule has 3 heterocycles. The van der Waals surface area contributed by atoms with E-state index in [9.17, 15) is 9.18 Å². The van der Waals surface area contributed by atoms with Crippen molar-refractivity contribution in [2.24, 2.45) is 11.8 Å². The summed E-state index contributed by atoms with van der Waals surface area (Å²) in [5.41, 5.74) is 3.48. The minimum Gasteiger partial charge on any atom is -0.493 e. The number of benzene rings is 2. The Hall–Kier alpha value is -3.71. The van der Waals surface area contributed by atoms with Gasteiger partial charge in [-0.2, -0.15) is 0 Å². The van der Waals surface area contributed by atoms with Crippen LogP contribution < -0.4 is 10.1 Å². The Morgan fingerprint density at radius 3 is 2.83 bits per heavy atom. The molecule has 0 bridgehead atoms. The van der Waals surface area contributed by atoms with E-state index in [1.54, 1.807) is 24.5 Å². The zero-order chi connectivity index (χ0) is 24.7. The van der Waals surface area contributed by atoms with Crippen LogP contribution in [-0.2, 0) is 17.8 Å². The Balaban J connectivity index is 1.21. The number of nitrogens with one attached hydrogen (secondary N) is 2. The van der Waals surface area contributed by atoms with E-state index in [0.717, 1.165) is 37.0 Å². The molecule has 7 heteroatoms. The lowest BCUT2D eigenvalue weighted by atomic mass is 9.88. The second-order valence-electron chi connectivity index (χ2n) is 9.52. The van der Waals surface area contributed by atoms with Crippen LogP contribution in [0.25, 0.3) is 10.9 Å². The van der Waals surface area contributed by atoms with Gasteiger partial charge < -0.3 is 15.0 Å². The average Bonchev–Trinajstić information content (AvgIpc) is 3.31. The number of piperidine rings is 1. The lowest BCUT2D eigenvalue weighted by Gasteiger charge is -2.37. The molecule has 0 spiro atoms. The number of carbonyl (C=O) groups is 1. The normalized spacial score (nSPS) is 18.2. The largest absolute Gasteiger partial charge is 0.493 e. The molecule has 36 heavy (non-hydrogen) atoms. The smallest absolute Gasteiger partial charge is 0.224 e. The summed E-state index contributed by atoms with van der Waals surface area (Å²) in [7, 11) is 0. The molecule has 1 saturated heterocycles. The van der Waals surface area contributed by atoms with Crippen LogP contribution in [0.15, 0.2) is 79.3 Å². The number of halogens is 1. The lowest BCUT2D eigenvalue weighted by Crippen LogP contribution is -2.47. The molecule has 0 aliphatic carbocycles. The highest BCUT2D eigenvalue weighted by Crippen LogP contribution is 2.25. The molecule has 0 radical (unpaired) electrons. The van der Waals surface area contributed by atoms with Gasteiger partial charge in [-0.1, -0.05) is 24.3 Å². The molecular weight excluding hydrogens is 455 g/mol. The van der Waals surface area contributed by atoms with Crippen molar-refractivity contribution in [2.75, 3.05) is 26.2 Å². The number of amides is 1. The highest BCUT2D eigenvalue weighted by Gasteiger charge is 2.32. The average molecular weight is 487 g/mol. The molecular formula is C29H31FN4O2. The van der Waals surface area contributed by atoms with Crippen molar-refractivity contribution in [1.82, 2.24) is 20.2 Å². The quantitative estimate of drug-likeness (QED) is 0.363. The van der Waals surface area contributed by atoms with E-state index >= 15 is 0 Å². The third-order valence-electron chi connectivity index (χ3n) is 6.79. The van der Waals surface area contributed by atoms with E-state index in [2.05, 4.69) is 32.3 Å². The number of hydrogen-bond donors (Lipinski definition) is 2. The Morgan fingerprint density at radius 2 is 1.97 bits per heavy atom. The summed E-state index contributed by atoms with van der Waals surface area (Å²) in [5.74, 6) is 0.298. The van der Waals surface area contributed by atoms with Gasteiger partial charge >= 0.3 is 0 Å². The highest BCUT2D eigenvalue weighted by molar-refractivity contribution is 5.83. The molecule has 5 rings (SSSR count). The molecule has 0 saturated carbocycles. The second kappa shape index (κ2) is 11.4. The van der Waals surface area contributed by atoms with Gasteiger partial charge in [0.15, 0.2) is 0 Å². The second-order valence-corrected chi connectivity index (χ2v) is 9.52. The number of fused-ring (bicyclic) bond motifs is 1. The first-order valence-corrected chi connectivity index (χ1v) is 12.5. The Morgan fingerprint density at radius 1 is 1.11 bits per heavy atom. The van der Waals surface area contributed by atoms with Gasteiger partial charge in [0.05, 0.1) is 12.5 Å². The lowest BCUT2D eigenvalue weighted by molar-refractivity contribution is -0.127. The fourth-order valence-corrected chi connectivity index (χ4v) is 5.06. The van der Waals surface area contributed by atoms with Crippen LogP contribution >= 0.6 is 0 Å². The molecule has 1 fully saturated rings. The topological polar surface area (TPSA) is 70.2 Å². The molecule has 4 aromatic rings. The van der Waals surface area contributed by atoms with Crippen LogP contribution in [0.5, 0.6) is 5.75 Å². The van der Waals surface area contributed by atoms with Gasteiger partial charge in [-0.15, -0.1) is 0 Å². The fourth-order valence-electron chi connectivity index (χ4n) is 5.06. The Kier molecular flexibility index (Phi) is 7.57. The van der Waals surface area contributed by atoms with Crippen molar-refractivity contribution < 1.29 is 13.9 Å². The minimum atomic E-state index is -0.317. The minimum absolute atomic E-state index is 0.0741. The Bertz CT molecular complexity index is 1290. The van der Waals surface area contributed by atoms with Crippen molar-refractivity contribution in [1.29, 1.82) is 0 Å². The van der Waals surface area contributed by atoms with Crippen LogP contribution in [-0.4, -0.2) is 47.0 Å². The van der Waals surface area contributed by atoms with Crippen molar-refractivity contribution in [3.63, 3.8) is 0 Å². The molecule has 1 aliphatic heterocycles. The van der Waals surface area contributed by atoms with E-state index in [-0.39, 0.29) is 23.6 Å². The molecule has 186 valence electrons. The third kappa shape index (κ3) is 6.10. The summed E-state index contributed by atoms with van der Waals surface area (Å²) in [4.78, 5) is 22.9. The van der Waals surface area contributed by atoms with Crippen LogP contribution in [0.4, 0.5) is 4.39 Å². The maximum absolute atomic E-state index is 13.6. The molecule has 0 unspecified atom stereocenters. The number of ether oxygens (including phenoxy) is 1. The first-order chi connectivity index (χ1) is 17.6. The number of rotatable bonds is 9. The van der Waals surface area contributed by atoms with Gasteiger partial charge in [0.2, 0.25) is 5.91 Å². The summed E-state index contributed by atoms with van der Waals surface area (Å²) in [5, 5.41) is 4.36. The van der Waals surface area contributed by atoms with E-state index in [1.807, 2.05) is 30.5 Å². The SMILES string of the molecule is O=C(NCCc1c[nH]c2ccccc12)[C@@H]1C[C@H](COc2cccc(F)c2)CN(Cc2ccncc2)C1. The highest BCUT2D eigenvalue weighted by atomic mass is 19.1. The summed E-state index contributed by atoms with van der Waals surface area (Å²) in [6, 6.07) is 18.4. The number of nitrogens with zero attached hydrogens (tertiary/aromatic N) is 2. The van der Waals surface area contributed by atoms with E-state index in [0.29, 0.717) is 25.4 Å². The van der Waals surface area contributed by atoms with Gasteiger partial charge in [-0.05, 0) is 54.3 Å². The van der Waals surface area contributed by atoms with E-state index < -0.39 is 0 Å². The summed E-state index contributed by atoms with van der Waals surface area (Å²) in [6.45, 7) is 3.29. The number of aromatic amines is 1. The number of hydrogen-bond acceptors (Lipinski definition) is 4. The van der Waals surface area contributed by atoms with Crippen LogP contribution in [0.1, 0.15) is 17.5 Å². The number of para-hydroxylation sites is 1. The monoisotopic (exact) mass is 486 g/mol. The van der Waals surface area contributed by atoms with Gasteiger partial charge in [-0.25, -0.2) is 4.39 Å². The van der Waals surface area contributed by atoms with Crippen molar-refractivity contribution >= 4 is 16.8 Å². The molecule has 6 nitrogen and oxygen atoms in total. The van der Waals surface area contributed by atoms with Crippen LogP contribution in [0.3, 0.4) is 0 Å². The van der Waals surface area contributed by atoms with Crippen molar-refractivity contribution in [3.8, 4) is 5.75 Å².